The highest BCUT2D eigenvalue weighted by molar-refractivity contribution is 5.93. The predicted molar refractivity (Wildman–Crippen MR) is 83.7 cm³/mol. The number of hydrogen-bond acceptors (Lipinski definition) is 10. The minimum Gasteiger partial charge on any atom is -0.477 e. The van der Waals surface area contributed by atoms with Gasteiger partial charge in [-0.05, 0) is 0 Å². The third-order valence-corrected chi connectivity index (χ3v) is 4.07. The molecule has 0 saturated carbocycles. The van der Waals surface area contributed by atoms with Crippen LogP contribution in [0.15, 0.2) is 0 Å². The summed E-state index contributed by atoms with van der Waals surface area (Å²) < 4.78 is 10.0. The molecule has 154 valence electrons. The molecule has 0 aromatic rings. The second-order valence-electron chi connectivity index (χ2n) is 6.16. The van der Waals surface area contributed by atoms with Crippen LogP contribution in [0.1, 0.15) is 27.2 Å². The van der Waals surface area contributed by atoms with Crippen LogP contribution in [0.3, 0.4) is 0 Å². The van der Waals surface area contributed by atoms with E-state index in [-0.39, 0.29) is 0 Å². The first-order chi connectivity index (χ1) is 12.4. The van der Waals surface area contributed by atoms with Crippen molar-refractivity contribution in [1.29, 1.82) is 0 Å². The quantitative estimate of drug-likeness (QED) is 0.288. The van der Waals surface area contributed by atoms with Gasteiger partial charge in [0.25, 0.3) is 5.79 Å². The molecule has 12 heteroatoms. The second-order valence-corrected chi connectivity index (χ2v) is 6.16. The zero-order valence-electron chi connectivity index (χ0n) is 14.9. The van der Waals surface area contributed by atoms with E-state index in [0.717, 1.165) is 20.8 Å². The van der Waals surface area contributed by atoms with Crippen LogP contribution in [-0.4, -0.2) is 97.0 Å². The molecule has 1 saturated heterocycles. The Balaban J connectivity index is 3.53. The van der Waals surface area contributed by atoms with Gasteiger partial charge in [-0.25, -0.2) is 4.79 Å². The van der Waals surface area contributed by atoms with Gasteiger partial charge in [0.2, 0.25) is 11.8 Å². The highest BCUT2D eigenvalue weighted by Crippen LogP contribution is 2.35. The smallest absolute Gasteiger partial charge is 0.364 e. The van der Waals surface area contributed by atoms with Gasteiger partial charge in [0.1, 0.15) is 30.5 Å². The SMILES string of the molecule is CC(=O)O[C@H]1C[C@](O)(C(=O)O)O[C@@H](C(O)[C@H](O)CO)[C@@H]1N(C(C)=O)C(C)=O. The number of amides is 2. The molecule has 1 heterocycles. The molecule has 0 aromatic carbocycles. The van der Waals surface area contributed by atoms with Crippen LogP contribution in [0, 0.1) is 0 Å². The van der Waals surface area contributed by atoms with Gasteiger partial charge >= 0.3 is 11.9 Å². The highest BCUT2D eigenvalue weighted by atomic mass is 16.7. The summed E-state index contributed by atoms with van der Waals surface area (Å²) in [4.78, 5) is 47.3. The lowest BCUT2D eigenvalue weighted by atomic mass is 9.87. The summed E-state index contributed by atoms with van der Waals surface area (Å²) >= 11 is 0. The molecule has 0 aliphatic carbocycles. The van der Waals surface area contributed by atoms with Gasteiger partial charge in [-0.1, -0.05) is 0 Å². The Hall–Kier alpha value is -2.12. The monoisotopic (exact) mass is 393 g/mol. The maximum atomic E-state index is 12.0. The van der Waals surface area contributed by atoms with Crippen molar-refractivity contribution in [2.24, 2.45) is 0 Å². The fraction of sp³-hybridized carbons (Fsp3) is 0.733. The molecule has 27 heavy (non-hydrogen) atoms. The first kappa shape index (κ1) is 22.9. The molecule has 5 N–H and O–H groups in total. The maximum absolute atomic E-state index is 12.0. The molecule has 1 aliphatic rings. The summed E-state index contributed by atoms with van der Waals surface area (Å²) in [6.45, 7) is 2.00. The van der Waals surface area contributed by atoms with Crippen molar-refractivity contribution in [3.05, 3.63) is 0 Å². The van der Waals surface area contributed by atoms with Crippen molar-refractivity contribution >= 4 is 23.8 Å². The fourth-order valence-electron chi connectivity index (χ4n) is 2.96. The number of aliphatic hydroxyl groups excluding tert-OH is 3. The molecule has 2 amide bonds. The Morgan fingerprint density at radius 2 is 1.70 bits per heavy atom. The van der Waals surface area contributed by atoms with Crippen molar-refractivity contribution in [2.45, 2.75) is 63.4 Å². The molecule has 0 aromatic heterocycles. The first-order valence-electron chi connectivity index (χ1n) is 7.93. The number of aliphatic carboxylic acids is 1. The number of rotatable bonds is 6. The van der Waals surface area contributed by atoms with E-state index in [2.05, 4.69) is 0 Å². The van der Waals surface area contributed by atoms with Crippen LogP contribution in [0.5, 0.6) is 0 Å². The molecule has 6 atom stereocenters. The maximum Gasteiger partial charge on any atom is 0.364 e. The fourth-order valence-corrected chi connectivity index (χ4v) is 2.96. The van der Waals surface area contributed by atoms with Crippen molar-refractivity contribution < 1.29 is 54.2 Å². The Labute approximate surface area is 153 Å². The van der Waals surface area contributed by atoms with E-state index in [1.165, 1.54) is 0 Å². The van der Waals surface area contributed by atoms with Gasteiger partial charge in [-0.3, -0.25) is 19.3 Å². The normalized spacial score (nSPS) is 30.1. The van der Waals surface area contributed by atoms with E-state index < -0.39 is 73.0 Å². The van der Waals surface area contributed by atoms with Gasteiger partial charge in [-0.15, -0.1) is 0 Å². The number of esters is 1. The Morgan fingerprint density at radius 3 is 2.07 bits per heavy atom. The van der Waals surface area contributed by atoms with Crippen molar-refractivity contribution in [2.75, 3.05) is 6.61 Å². The van der Waals surface area contributed by atoms with Gasteiger partial charge in [0.05, 0.1) is 13.0 Å². The number of carbonyl (C=O) groups excluding carboxylic acids is 3. The van der Waals surface area contributed by atoms with Crippen LogP contribution in [0.25, 0.3) is 0 Å². The van der Waals surface area contributed by atoms with Gasteiger partial charge in [0.15, 0.2) is 0 Å². The number of carboxylic acids is 1. The summed E-state index contributed by atoms with van der Waals surface area (Å²) in [5.74, 6) is -7.43. The second kappa shape index (κ2) is 8.71. The van der Waals surface area contributed by atoms with Crippen molar-refractivity contribution in [3.63, 3.8) is 0 Å². The molecule has 12 nitrogen and oxygen atoms in total. The summed E-state index contributed by atoms with van der Waals surface area (Å²) in [5, 5.41) is 48.5. The molecule has 0 radical (unpaired) electrons. The van der Waals surface area contributed by atoms with Gasteiger partial charge in [-0.2, -0.15) is 0 Å². The zero-order valence-corrected chi connectivity index (χ0v) is 14.9. The van der Waals surface area contributed by atoms with Crippen LogP contribution < -0.4 is 0 Å². The molecule has 0 spiro atoms. The summed E-state index contributed by atoms with van der Waals surface area (Å²) in [6.07, 6.45) is -8.23. The third kappa shape index (κ3) is 4.99. The minimum atomic E-state index is -2.95. The molecule has 1 rings (SSSR count). The van der Waals surface area contributed by atoms with E-state index in [9.17, 15) is 39.6 Å². The van der Waals surface area contributed by atoms with E-state index in [0.29, 0.717) is 4.90 Å². The van der Waals surface area contributed by atoms with E-state index >= 15 is 0 Å². The van der Waals surface area contributed by atoms with Crippen LogP contribution >= 0.6 is 0 Å². The number of imide groups is 1. The summed E-state index contributed by atoms with van der Waals surface area (Å²) in [6, 6.07) is -1.57. The summed E-state index contributed by atoms with van der Waals surface area (Å²) in [5.41, 5.74) is 0. The van der Waals surface area contributed by atoms with E-state index in [4.69, 9.17) is 14.6 Å². The topological polar surface area (TPSA) is 191 Å². The zero-order chi connectivity index (χ0) is 21.1. The Morgan fingerprint density at radius 1 is 1.19 bits per heavy atom. The van der Waals surface area contributed by atoms with Gasteiger partial charge in [0, 0.05) is 20.8 Å². The number of ether oxygens (including phenoxy) is 2. The highest BCUT2D eigenvalue weighted by Gasteiger charge is 2.57. The Kier molecular flexibility index (Phi) is 7.40. The molecular formula is C15H23NO11. The number of carbonyl (C=O) groups is 4. The van der Waals surface area contributed by atoms with Crippen LogP contribution in [-0.2, 0) is 28.7 Å². The van der Waals surface area contributed by atoms with Crippen LogP contribution in [0.2, 0.25) is 0 Å². The van der Waals surface area contributed by atoms with Crippen molar-refractivity contribution in [1.82, 2.24) is 4.90 Å². The molecule has 0 bridgehead atoms. The lowest BCUT2D eigenvalue weighted by Gasteiger charge is -2.48. The summed E-state index contributed by atoms with van der Waals surface area (Å²) in [7, 11) is 0. The third-order valence-electron chi connectivity index (χ3n) is 4.07. The number of nitrogens with zero attached hydrogens (tertiary/aromatic N) is 1. The van der Waals surface area contributed by atoms with Crippen molar-refractivity contribution in [3.8, 4) is 0 Å². The molecule has 1 fully saturated rings. The average molecular weight is 393 g/mol. The lowest BCUT2D eigenvalue weighted by molar-refractivity contribution is -0.303. The Bertz CT molecular complexity index is 595. The largest absolute Gasteiger partial charge is 0.477 e. The van der Waals surface area contributed by atoms with E-state index in [1.54, 1.807) is 0 Å². The average Bonchev–Trinajstić information content (AvgIpc) is 2.54. The van der Waals surface area contributed by atoms with Crippen LogP contribution in [0.4, 0.5) is 0 Å². The first-order valence-corrected chi connectivity index (χ1v) is 7.93. The predicted octanol–water partition coefficient (Wildman–Crippen LogP) is -3.04. The number of aliphatic hydroxyl groups is 4. The lowest BCUT2D eigenvalue weighted by Crippen LogP contribution is -2.69. The number of carboxylic acid groups (broad SMARTS) is 1. The molecular weight excluding hydrogens is 370 g/mol. The molecule has 1 aliphatic heterocycles. The standard InChI is InChI=1S/C15H23NO11/c1-6(18)16(7(2)19)11-10(26-8(3)20)4-15(25,14(23)24)27-13(11)12(22)9(21)5-17/h9-13,17,21-22,25H,4-5H2,1-3H3,(H,23,24)/t9-,10+,11-,12?,13-,15-/m1/s1. The van der Waals surface area contributed by atoms with Gasteiger partial charge < -0.3 is 35.0 Å². The minimum absolute atomic E-state index is 0.563. The van der Waals surface area contributed by atoms with E-state index in [1.807, 2.05) is 0 Å². The molecule has 1 unspecified atom stereocenters. The number of hydrogen-bond donors (Lipinski definition) is 5.